The molecule has 0 saturated carbocycles. The second kappa shape index (κ2) is 14.4. The Kier molecular flexibility index (Phi) is 11.9. The van der Waals surface area contributed by atoms with Gasteiger partial charge >= 0.3 is 0 Å². The van der Waals surface area contributed by atoms with Crippen LogP contribution in [0.1, 0.15) is 57.6 Å². The summed E-state index contributed by atoms with van der Waals surface area (Å²) in [7, 11) is -2.02. The number of nitrogens with zero attached hydrogens (tertiary/aromatic N) is 2. The molecule has 0 radical (unpaired) electrons. The number of rotatable bonds is 14. The number of benzene rings is 2. The van der Waals surface area contributed by atoms with Crippen LogP contribution in [0.25, 0.3) is 0 Å². The summed E-state index contributed by atoms with van der Waals surface area (Å²) in [6, 6.07) is 11.8. The molecule has 2 aromatic rings. The molecule has 2 rings (SSSR count). The van der Waals surface area contributed by atoms with E-state index in [4.69, 9.17) is 16.3 Å². The molecule has 2 amide bonds. The van der Waals surface area contributed by atoms with Gasteiger partial charge in [-0.3, -0.25) is 13.9 Å². The zero-order valence-electron chi connectivity index (χ0n) is 23.2. The third kappa shape index (κ3) is 8.91. The van der Waals surface area contributed by atoms with Crippen LogP contribution in [0.15, 0.2) is 42.5 Å². The summed E-state index contributed by atoms with van der Waals surface area (Å²) in [6.07, 6.45) is 2.72. The zero-order valence-corrected chi connectivity index (χ0v) is 24.7. The lowest BCUT2D eigenvalue weighted by Gasteiger charge is -2.32. The molecule has 0 unspecified atom stereocenters. The van der Waals surface area contributed by atoms with Gasteiger partial charge < -0.3 is 15.0 Å². The summed E-state index contributed by atoms with van der Waals surface area (Å²) in [6.45, 7) is 7.96. The number of carbonyl (C=O) groups is 2. The second-order valence-corrected chi connectivity index (χ2v) is 11.8. The van der Waals surface area contributed by atoms with E-state index in [2.05, 4.69) is 5.32 Å². The molecule has 210 valence electrons. The molecule has 0 heterocycles. The minimum atomic E-state index is -3.61. The standard InChI is InChI=1S/C28H40ClN3O5S/c1-7-21(4)30-28(34)25(8-2)31(19-22-12-15-24(37-5)16-13-22)27(33)10-9-17-32(38(6,35)36)26-18-23(29)14-11-20(26)3/h11-16,18,21,25H,7-10,17,19H2,1-6H3,(H,30,34)/t21-,25-/m1/s1. The van der Waals surface area contributed by atoms with Crippen molar-refractivity contribution in [1.82, 2.24) is 10.2 Å². The number of hydrogen-bond donors (Lipinski definition) is 1. The quantitative estimate of drug-likeness (QED) is 0.350. The maximum Gasteiger partial charge on any atom is 0.243 e. The SMILES string of the molecule is CC[C@@H](C)NC(=O)[C@@H](CC)N(Cc1ccc(OC)cc1)C(=O)CCCN(c1cc(Cl)ccc1C)S(C)(=O)=O. The Balaban J connectivity index is 2.26. The largest absolute Gasteiger partial charge is 0.497 e. The van der Waals surface area contributed by atoms with Crippen LogP contribution in [0.2, 0.25) is 5.02 Å². The van der Waals surface area contributed by atoms with Gasteiger partial charge in [0.15, 0.2) is 0 Å². The third-order valence-electron chi connectivity index (χ3n) is 6.49. The van der Waals surface area contributed by atoms with Gasteiger partial charge in [-0.2, -0.15) is 0 Å². The lowest BCUT2D eigenvalue weighted by Crippen LogP contribution is -2.50. The fourth-order valence-corrected chi connectivity index (χ4v) is 5.30. The second-order valence-electron chi connectivity index (χ2n) is 9.48. The van der Waals surface area contributed by atoms with Crippen LogP contribution in [-0.2, 0) is 26.2 Å². The van der Waals surface area contributed by atoms with Gasteiger partial charge in [-0.05, 0) is 68.5 Å². The van der Waals surface area contributed by atoms with Crippen molar-refractivity contribution >= 4 is 39.1 Å². The van der Waals surface area contributed by atoms with Crippen molar-refractivity contribution in [2.75, 3.05) is 24.2 Å². The highest BCUT2D eigenvalue weighted by Crippen LogP contribution is 2.27. The number of carbonyl (C=O) groups excluding carboxylic acids is 2. The van der Waals surface area contributed by atoms with Crippen molar-refractivity contribution < 1.29 is 22.7 Å². The average Bonchev–Trinajstić information content (AvgIpc) is 2.87. The molecule has 1 N–H and O–H groups in total. The van der Waals surface area contributed by atoms with E-state index in [0.717, 1.165) is 23.8 Å². The molecule has 0 bridgehead atoms. The van der Waals surface area contributed by atoms with E-state index in [1.165, 1.54) is 4.31 Å². The van der Waals surface area contributed by atoms with Gasteiger partial charge in [0.25, 0.3) is 0 Å². The highest BCUT2D eigenvalue weighted by Gasteiger charge is 2.29. The van der Waals surface area contributed by atoms with Crippen molar-refractivity contribution in [3.8, 4) is 5.75 Å². The van der Waals surface area contributed by atoms with Crippen LogP contribution in [0, 0.1) is 6.92 Å². The van der Waals surface area contributed by atoms with E-state index >= 15 is 0 Å². The van der Waals surface area contributed by atoms with Crippen LogP contribution >= 0.6 is 11.6 Å². The Bertz CT molecular complexity index is 1190. The molecule has 0 aromatic heterocycles. The highest BCUT2D eigenvalue weighted by atomic mass is 35.5. The molecule has 8 nitrogen and oxygen atoms in total. The van der Waals surface area contributed by atoms with E-state index in [1.54, 1.807) is 30.2 Å². The summed E-state index contributed by atoms with van der Waals surface area (Å²) in [5.74, 6) is 0.282. The Morgan fingerprint density at radius 3 is 2.29 bits per heavy atom. The Labute approximate surface area is 232 Å². The molecule has 0 fully saturated rings. The molecule has 0 saturated heterocycles. The number of halogens is 1. The fourth-order valence-electron chi connectivity index (χ4n) is 4.12. The van der Waals surface area contributed by atoms with Crippen molar-refractivity contribution in [1.29, 1.82) is 0 Å². The van der Waals surface area contributed by atoms with Crippen molar-refractivity contribution in [2.24, 2.45) is 0 Å². The van der Waals surface area contributed by atoms with E-state index in [1.807, 2.05) is 52.0 Å². The number of amides is 2. The first-order chi connectivity index (χ1) is 17.9. The molecule has 10 heteroatoms. The summed E-state index contributed by atoms with van der Waals surface area (Å²) in [5, 5.41) is 3.42. The number of ether oxygens (including phenoxy) is 1. The Morgan fingerprint density at radius 1 is 1.08 bits per heavy atom. The number of anilines is 1. The number of sulfonamides is 1. The lowest BCUT2D eigenvalue weighted by molar-refractivity contribution is -0.141. The molecular weight excluding hydrogens is 526 g/mol. The minimum absolute atomic E-state index is 0.0151. The lowest BCUT2D eigenvalue weighted by atomic mass is 10.1. The number of hydrogen-bond acceptors (Lipinski definition) is 5. The fraction of sp³-hybridized carbons (Fsp3) is 0.500. The zero-order chi connectivity index (χ0) is 28.5. The molecule has 0 aliphatic rings. The van der Waals surface area contributed by atoms with E-state index in [9.17, 15) is 18.0 Å². The molecule has 38 heavy (non-hydrogen) atoms. The topological polar surface area (TPSA) is 96.0 Å². The monoisotopic (exact) mass is 565 g/mol. The summed E-state index contributed by atoms with van der Waals surface area (Å²) in [4.78, 5) is 28.3. The first-order valence-electron chi connectivity index (χ1n) is 12.9. The van der Waals surface area contributed by atoms with E-state index in [0.29, 0.717) is 22.9 Å². The van der Waals surface area contributed by atoms with Crippen LogP contribution in [-0.4, -0.2) is 57.1 Å². The normalized spacial score (nSPS) is 12.9. The first kappa shape index (κ1) is 31.4. The summed E-state index contributed by atoms with van der Waals surface area (Å²) in [5.41, 5.74) is 2.11. The molecule has 0 spiro atoms. The Morgan fingerprint density at radius 2 is 1.74 bits per heavy atom. The van der Waals surface area contributed by atoms with Gasteiger partial charge in [0.05, 0.1) is 19.1 Å². The highest BCUT2D eigenvalue weighted by molar-refractivity contribution is 7.92. The smallest absolute Gasteiger partial charge is 0.243 e. The van der Waals surface area contributed by atoms with Crippen molar-refractivity contribution in [3.05, 3.63) is 58.6 Å². The maximum absolute atomic E-state index is 13.6. The number of aryl methyl sites for hydroxylation is 1. The maximum atomic E-state index is 13.6. The summed E-state index contributed by atoms with van der Waals surface area (Å²) < 4.78 is 31.7. The number of nitrogens with one attached hydrogen (secondary N) is 1. The Hall–Kier alpha value is -2.78. The van der Waals surface area contributed by atoms with Crippen LogP contribution in [0.4, 0.5) is 5.69 Å². The van der Waals surface area contributed by atoms with E-state index < -0.39 is 16.1 Å². The predicted molar refractivity (Wildman–Crippen MR) is 153 cm³/mol. The molecule has 0 aliphatic carbocycles. The molecule has 2 aromatic carbocycles. The first-order valence-corrected chi connectivity index (χ1v) is 15.1. The average molecular weight is 566 g/mol. The van der Waals surface area contributed by atoms with Crippen molar-refractivity contribution in [2.45, 2.75) is 72.0 Å². The van der Waals surface area contributed by atoms with Crippen molar-refractivity contribution in [3.63, 3.8) is 0 Å². The molecule has 2 atom stereocenters. The van der Waals surface area contributed by atoms with Gasteiger partial charge in [0, 0.05) is 30.6 Å². The third-order valence-corrected chi connectivity index (χ3v) is 7.91. The summed E-state index contributed by atoms with van der Waals surface area (Å²) >= 11 is 6.13. The van der Waals surface area contributed by atoms with Gasteiger partial charge in [-0.15, -0.1) is 0 Å². The van der Waals surface area contributed by atoms with Gasteiger partial charge in [0.2, 0.25) is 21.8 Å². The number of methoxy groups -OCH3 is 1. The van der Waals surface area contributed by atoms with Crippen LogP contribution < -0.4 is 14.4 Å². The van der Waals surface area contributed by atoms with Gasteiger partial charge in [-0.25, -0.2) is 8.42 Å². The van der Waals surface area contributed by atoms with Gasteiger partial charge in [-0.1, -0.05) is 43.6 Å². The molecular formula is C28H40ClN3O5S. The minimum Gasteiger partial charge on any atom is -0.497 e. The van der Waals surface area contributed by atoms with E-state index in [-0.39, 0.29) is 43.8 Å². The molecule has 0 aliphatic heterocycles. The van der Waals surface area contributed by atoms with Gasteiger partial charge in [0.1, 0.15) is 11.8 Å². The van der Waals surface area contributed by atoms with Crippen LogP contribution in [0.5, 0.6) is 5.75 Å². The predicted octanol–water partition coefficient (Wildman–Crippen LogP) is 4.93. The van der Waals surface area contributed by atoms with Crippen LogP contribution in [0.3, 0.4) is 0 Å².